The number of ether oxygens (including phenoxy) is 1. The van der Waals surface area contributed by atoms with Gasteiger partial charge in [-0.2, -0.15) is 5.26 Å². The molecule has 1 unspecified atom stereocenters. The van der Waals surface area contributed by atoms with Crippen LogP contribution < -0.4 is 15.4 Å². The molecule has 0 saturated heterocycles. The highest BCUT2D eigenvalue weighted by Crippen LogP contribution is 2.30. The van der Waals surface area contributed by atoms with Crippen molar-refractivity contribution in [2.75, 3.05) is 10.6 Å². The molecule has 0 radical (unpaired) electrons. The lowest BCUT2D eigenvalue weighted by molar-refractivity contribution is -0.133. The number of fused-ring (bicyclic) bond motifs is 1. The van der Waals surface area contributed by atoms with Crippen LogP contribution in [-0.2, 0) is 9.59 Å². The molecule has 1 aliphatic heterocycles. The SMILES string of the molecule is Cc1ccc2c(c1)NC(=O)C(C(=O)Nc1ccc(C#N)cc1)O2. The summed E-state index contributed by atoms with van der Waals surface area (Å²) in [5, 5.41) is 14.0. The fraction of sp³-hybridized carbons (Fsp3) is 0.118. The van der Waals surface area contributed by atoms with Gasteiger partial charge in [0.2, 0.25) is 0 Å². The van der Waals surface area contributed by atoms with Crippen LogP contribution in [0.5, 0.6) is 5.75 Å². The topological polar surface area (TPSA) is 91.2 Å². The Labute approximate surface area is 132 Å². The molecule has 0 aromatic heterocycles. The highest BCUT2D eigenvalue weighted by molar-refractivity contribution is 6.15. The van der Waals surface area contributed by atoms with Crippen LogP contribution in [0, 0.1) is 18.3 Å². The predicted octanol–water partition coefficient (Wildman–Crippen LogP) is 2.20. The fourth-order valence-electron chi connectivity index (χ4n) is 2.23. The Kier molecular flexibility index (Phi) is 3.69. The molecule has 1 atom stereocenters. The van der Waals surface area contributed by atoms with Crippen LogP contribution in [0.1, 0.15) is 11.1 Å². The number of carbonyl (C=O) groups is 2. The Balaban J connectivity index is 1.76. The third kappa shape index (κ3) is 2.99. The lowest BCUT2D eigenvalue weighted by Crippen LogP contribution is -2.45. The molecule has 0 saturated carbocycles. The molecule has 23 heavy (non-hydrogen) atoms. The molecule has 114 valence electrons. The summed E-state index contributed by atoms with van der Waals surface area (Å²) >= 11 is 0. The summed E-state index contributed by atoms with van der Waals surface area (Å²) in [5.41, 5.74) is 2.50. The van der Waals surface area contributed by atoms with E-state index < -0.39 is 17.9 Å². The first kappa shape index (κ1) is 14.6. The van der Waals surface area contributed by atoms with Gasteiger partial charge in [-0.3, -0.25) is 9.59 Å². The maximum atomic E-state index is 12.2. The van der Waals surface area contributed by atoms with Crippen molar-refractivity contribution in [3.63, 3.8) is 0 Å². The summed E-state index contributed by atoms with van der Waals surface area (Å²) in [7, 11) is 0. The molecule has 0 spiro atoms. The van der Waals surface area contributed by atoms with Crippen molar-refractivity contribution in [3.8, 4) is 11.8 Å². The van der Waals surface area contributed by atoms with Gasteiger partial charge in [0, 0.05) is 5.69 Å². The molecule has 0 bridgehead atoms. The number of amides is 2. The average Bonchev–Trinajstić information content (AvgIpc) is 2.54. The zero-order chi connectivity index (χ0) is 16.4. The van der Waals surface area contributed by atoms with E-state index in [1.807, 2.05) is 19.1 Å². The predicted molar refractivity (Wildman–Crippen MR) is 84.0 cm³/mol. The number of hydrogen-bond acceptors (Lipinski definition) is 4. The monoisotopic (exact) mass is 307 g/mol. The molecule has 0 fully saturated rings. The molecule has 6 nitrogen and oxygen atoms in total. The summed E-state index contributed by atoms with van der Waals surface area (Å²) in [6.07, 6.45) is -1.26. The maximum absolute atomic E-state index is 12.2. The van der Waals surface area contributed by atoms with Crippen LogP contribution in [-0.4, -0.2) is 17.9 Å². The first-order chi connectivity index (χ1) is 11.1. The summed E-state index contributed by atoms with van der Waals surface area (Å²) in [5.74, 6) is -0.636. The Hall–Kier alpha value is -3.33. The van der Waals surface area contributed by atoms with Crippen LogP contribution >= 0.6 is 0 Å². The molecule has 1 heterocycles. The van der Waals surface area contributed by atoms with Gasteiger partial charge in [-0.15, -0.1) is 0 Å². The molecule has 3 rings (SSSR count). The molecule has 6 heteroatoms. The van der Waals surface area contributed by atoms with E-state index in [4.69, 9.17) is 10.00 Å². The van der Waals surface area contributed by atoms with E-state index in [0.717, 1.165) is 5.56 Å². The largest absolute Gasteiger partial charge is 0.468 e. The van der Waals surface area contributed by atoms with Crippen LogP contribution in [0.2, 0.25) is 0 Å². The number of nitrogens with zero attached hydrogens (tertiary/aromatic N) is 1. The van der Waals surface area contributed by atoms with Gasteiger partial charge in [-0.1, -0.05) is 6.07 Å². The fourth-order valence-corrected chi connectivity index (χ4v) is 2.23. The van der Waals surface area contributed by atoms with Gasteiger partial charge in [0.15, 0.2) is 0 Å². The molecule has 2 N–H and O–H groups in total. The third-order valence-corrected chi connectivity index (χ3v) is 3.40. The van der Waals surface area contributed by atoms with Gasteiger partial charge in [-0.25, -0.2) is 0 Å². The van der Waals surface area contributed by atoms with Gasteiger partial charge in [0.1, 0.15) is 5.75 Å². The molecular weight excluding hydrogens is 294 g/mol. The number of benzene rings is 2. The Morgan fingerprint density at radius 2 is 2.00 bits per heavy atom. The minimum Gasteiger partial charge on any atom is -0.468 e. The second kappa shape index (κ2) is 5.81. The second-order valence-electron chi connectivity index (χ2n) is 5.17. The lowest BCUT2D eigenvalue weighted by atomic mass is 10.1. The molecule has 0 aliphatic carbocycles. The van der Waals surface area contributed by atoms with E-state index in [2.05, 4.69) is 10.6 Å². The molecule has 2 aromatic carbocycles. The molecule has 2 aromatic rings. The Bertz CT molecular complexity index is 822. The Morgan fingerprint density at radius 3 is 2.70 bits per heavy atom. The quantitative estimate of drug-likeness (QED) is 0.832. The maximum Gasteiger partial charge on any atom is 0.275 e. The minimum absolute atomic E-state index is 0.454. The number of anilines is 2. The van der Waals surface area contributed by atoms with Crippen molar-refractivity contribution in [2.24, 2.45) is 0 Å². The third-order valence-electron chi connectivity index (χ3n) is 3.40. The van der Waals surface area contributed by atoms with Crippen molar-refractivity contribution in [1.29, 1.82) is 5.26 Å². The van der Waals surface area contributed by atoms with E-state index in [1.54, 1.807) is 36.4 Å². The highest BCUT2D eigenvalue weighted by Gasteiger charge is 2.34. The standard InChI is InChI=1S/C17H13N3O3/c1-10-2-7-14-13(8-10)20-17(22)15(23-14)16(21)19-12-5-3-11(9-18)4-6-12/h2-8,15H,1H3,(H,19,21)(H,20,22). The van der Waals surface area contributed by atoms with Crippen molar-refractivity contribution in [1.82, 2.24) is 0 Å². The van der Waals surface area contributed by atoms with Crippen LogP contribution in [0.4, 0.5) is 11.4 Å². The van der Waals surface area contributed by atoms with E-state index in [1.165, 1.54) is 0 Å². The van der Waals surface area contributed by atoms with Crippen LogP contribution in [0.3, 0.4) is 0 Å². The second-order valence-corrected chi connectivity index (χ2v) is 5.17. The normalized spacial score (nSPS) is 15.7. The number of aryl methyl sites for hydroxylation is 1. The van der Waals surface area contributed by atoms with Crippen LogP contribution in [0.15, 0.2) is 42.5 Å². The van der Waals surface area contributed by atoms with Gasteiger partial charge in [0.25, 0.3) is 17.9 Å². The van der Waals surface area contributed by atoms with Crippen molar-refractivity contribution < 1.29 is 14.3 Å². The van der Waals surface area contributed by atoms with Gasteiger partial charge >= 0.3 is 0 Å². The number of rotatable bonds is 2. The van der Waals surface area contributed by atoms with Crippen molar-refractivity contribution in [3.05, 3.63) is 53.6 Å². The molecule has 1 aliphatic rings. The molecule has 2 amide bonds. The smallest absolute Gasteiger partial charge is 0.275 e. The van der Waals surface area contributed by atoms with E-state index in [0.29, 0.717) is 22.7 Å². The highest BCUT2D eigenvalue weighted by atomic mass is 16.5. The van der Waals surface area contributed by atoms with Gasteiger partial charge in [-0.05, 0) is 48.9 Å². The zero-order valence-electron chi connectivity index (χ0n) is 12.3. The van der Waals surface area contributed by atoms with Crippen LogP contribution in [0.25, 0.3) is 0 Å². The summed E-state index contributed by atoms with van der Waals surface area (Å²) in [6, 6.07) is 13.7. The lowest BCUT2D eigenvalue weighted by Gasteiger charge is -2.25. The first-order valence-electron chi connectivity index (χ1n) is 6.96. The molecular formula is C17H13N3O3. The van der Waals surface area contributed by atoms with Crippen molar-refractivity contribution >= 4 is 23.2 Å². The van der Waals surface area contributed by atoms with Gasteiger partial charge in [0.05, 0.1) is 17.3 Å². The number of carbonyl (C=O) groups excluding carboxylic acids is 2. The Morgan fingerprint density at radius 1 is 1.26 bits per heavy atom. The van der Waals surface area contributed by atoms with E-state index in [9.17, 15) is 9.59 Å². The average molecular weight is 307 g/mol. The summed E-state index contributed by atoms with van der Waals surface area (Å²) < 4.78 is 5.50. The van der Waals surface area contributed by atoms with Crippen molar-refractivity contribution in [2.45, 2.75) is 13.0 Å². The van der Waals surface area contributed by atoms with Gasteiger partial charge < -0.3 is 15.4 Å². The number of nitrogens with one attached hydrogen (secondary N) is 2. The zero-order valence-corrected chi connectivity index (χ0v) is 12.3. The first-order valence-corrected chi connectivity index (χ1v) is 6.96. The minimum atomic E-state index is -1.26. The number of hydrogen-bond donors (Lipinski definition) is 2. The summed E-state index contributed by atoms with van der Waals surface area (Å²) in [6.45, 7) is 1.90. The van der Waals surface area contributed by atoms with E-state index in [-0.39, 0.29) is 0 Å². The number of nitriles is 1. The summed E-state index contributed by atoms with van der Waals surface area (Å²) in [4.78, 5) is 24.3. The van der Waals surface area contributed by atoms with E-state index >= 15 is 0 Å².